The molecular weight excluding hydrogens is 235 g/mol. The molecule has 98 valence electrons. The molecule has 0 radical (unpaired) electrons. The first-order chi connectivity index (χ1) is 8.49. The van der Waals surface area contributed by atoms with E-state index in [4.69, 9.17) is 10.8 Å². The van der Waals surface area contributed by atoms with E-state index in [2.05, 4.69) is 0 Å². The predicted molar refractivity (Wildman–Crippen MR) is 68.4 cm³/mol. The normalized spacial score (nSPS) is 15.2. The lowest BCUT2D eigenvalue weighted by molar-refractivity contribution is 0.0698. The third-order valence-electron chi connectivity index (χ3n) is 3.52. The Bertz CT molecular complexity index is 472. The zero-order valence-corrected chi connectivity index (χ0v) is 10.3. The van der Waals surface area contributed by atoms with Crippen molar-refractivity contribution < 1.29 is 14.3 Å². The monoisotopic (exact) mass is 252 g/mol. The van der Waals surface area contributed by atoms with E-state index in [-0.39, 0.29) is 11.3 Å². The number of hydrogen-bond donors (Lipinski definition) is 2. The zero-order chi connectivity index (χ0) is 13.3. The van der Waals surface area contributed by atoms with Gasteiger partial charge in [0.15, 0.2) is 0 Å². The maximum Gasteiger partial charge on any atom is 0.337 e. The molecule has 1 aromatic rings. The van der Waals surface area contributed by atoms with Gasteiger partial charge in [0.25, 0.3) is 0 Å². The van der Waals surface area contributed by atoms with Gasteiger partial charge in [-0.25, -0.2) is 9.18 Å². The van der Waals surface area contributed by atoms with Crippen molar-refractivity contribution in [1.82, 2.24) is 0 Å². The number of carboxylic acid groups (broad SMARTS) is 1. The van der Waals surface area contributed by atoms with Gasteiger partial charge in [-0.15, -0.1) is 0 Å². The van der Waals surface area contributed by atoms with Crippen LogP contribution in [-0.2, 0) is 0 Å². The fraction of sp³-hybridized carbons (Fsp3) is 0.462. The summed E-state index contributed by atoms with van der Waals surface area (Å²) in [6.45, 7) is 0.750. The molecule has 0 atom stereocenters. The van der Waals surface area contributed by atoms with E-state index >= 15 is 0 Å². The molecule has 0 amide bonds. The van der Waals surface area contributed by atoms with Gasteiger partial charge in [-0.1, -0.05) is 6.42 Å². The highest BCUT2D eigenvalue weighted by atomic mass is 19.1. The molecule has 0 heterocycles. The molecule has 1 aliphatic rings. The van der Waals surface area contributed by atoms with Crippen LogP contribution < -0.4 is 10.6 Å². The molecule has 1 fully saturated rings. The topological polar surface area (TPSA) is 66.6 Å². The summed E-state index contributed by atoms with van der Waals surface area (Å²) in [7, 11) is 1.78. The maximum absolute atomic E-state index is 13.8. The van der Waals surface area contributed by atoms with E-state index < -0.39 is 11.8 Å². The smallest absolute Gasteiger partial charge is 0.337 e. The molecule has 0 saturated heterocycles. The van der Waals surface area contributed by atoms with Gasteiger partial charge >= 0.3 is 5.97 Å². The second-order valence-electron chi connectivity index (χ2n) is 4.87. The van der Waals surface area contributed by atoms with Crippen molar-refractivity contribution in [2.45, 2.75) is 19.3 Å². The third kappa shape index (κ3) is 2.39. The van der Waals surface area contributed by atoms with Crippen LogP contribution in [0.4, 0.5) is 15.8 Å². The average molecular weight is 252 g/mol. The zero-order valence-electron chi connectivity index (χ0n) is 10.3. The van der Waals surface area contributed by atoms with E-state index in [0.29, 0.717) is 11.6 Å². The van der Waals surface area contributed by atoms with Crippen molar-refractivity contribution in [2.75, 3.05) is 24.2 Å². The highest BCUT2D eigenvalue weighted by Crippen LogP contribution is 2.30. The predicted octanol–water partition coefficient (Wildman–Crippen LogP) is 2.34. The Morgan fingerprint density at radius 2 is 2.22 bits per heavy atom. The number of carboxylic acids is 1. The summed E-state index contributed by atoms with van der Waals surface area (Å²) in [6.07, 6.45) is 3.54. The lowest BCUT2D eigenvalue weighted by atomic mass is 9.85. The number of halogens is 1. The summed E-state index contributed by atoms with van der Waals surface area (Å²) < 4.78 is 13.8. The van der Waals surface area contributed by atoms with Gasteiger partial charge in [0.1, 0.15) is 5.82 Å². The molecule has 3 N–H and O–H groups in total. The molecule has 1 aromatic carbocycles. The van der Waals surface area contributed by atoms with Crippen molar-refractivity contribution in [3.8, 4) is 0 Å². The van der Waals surface area contributed by atoms with Gasteiger partial charge in [-0.2, -0.15) is 0 Å². The Labute approximate surface area is 105 Å². The second-order valence-corrected chi connectivity index (χ2v) is 4.87. The number of anilines is 2. The minimum atomic E-state index is -1.13. The van der Waals surface area contributed by atoms with Crippen molar-refractivity contribution in [3.05, 3.63) is 23.5 Å². The second kappa shape index (κ2) is 4.84. The lowest BCUT2D eigenvalue weighted by Crippen LogP contribution is -2.30. The molecule has 0 aliphatic heterocycles. The summed E-state index contributed by atoms with van der Waals surface area (Å²) in [4.78, 5) is 12.7. The van der Waals surface area contributed by atoms with Crippen LogP contribution in [0.2, 0.25) is 0 Å². The Morgan fingerprint density at radius 1 is 1.56 bits per heavy atom. The quantitative estimate of drug-likeness (QED) is 0.807. The number of nitrogen functional groups attached to an aromatic ring is 1. The van der Waals surface area contributed by atoms with Crippen LogP contribution >= 0.6 is 0 Å². The van der Waals surface area contributed by atoms with Crippen molar-refractivity contribution in [2.24, 2.45) is 5.92 Å². The van der Waals surface area contributed by atoms with Crippen LogP contribution in [0.5, 0.6) is 0 Å². The largest absolute Gasteiger partial charge is 0.478 e. The molecule has 1 aliphatic carbocycles. The van der Waals surface area contributed by atoms with E-state index in [1.165, 1.54) is 12.5 Å². The summed E-state index contributed by atoms with van der Waals surface area (Å²) in [5.74, 6) is -1.02. The Hall–Kier alpha value is -1.78. The maximum atomic E-state index is 13.8. The summed E-state index contributed by atoms with van der Waals surface area (Å²) in [5, 5.41) is 8.98. The molecule has 0 spiro atoms. The molecular formula is C13H17FN2O2. The van der Waals surface area contributed by atoms with Crippen molar-refractivity contribution in [1.29, 1.82) is 0 Å². The summed E-state index contributed by atoms with van der Waals surface area (Å²) >= 11 is 0. The van der Waals surface area contributed by atoms with Gasteiger partial charge in [-0.3, -0.25) is 0 Å². The fourth-order valence-corrected chi connectivity index (χ4v) is 2.22. The molecule has 0 aromatic heterocycles. The molecule has 18 heavy (non-hydrogen) atoms. The number of aromatic carboxylic acids is 1. The summed E-state index contributed by atoms with van der Waals surface area (Å²) in [5.41, 5.74) is 5.70. The minimum Gasteiger partial charge on any atom is -0.478 e. The first-order valence-electron chi connectivity index (χ1n) is 6.02. The number of nitrogens with two attached hydrogens (primary N) is 1. The highest BCUT2D eigenvalue weighted by Gasteiger charge is 2.22. The minimum absolute atomic E-state index is 0.0409. The third-order valence-corrected chi connectivity index (χ3v) is 3.52. The average Bonchev–Trinajstić information content (AvgIpc) is 2.22. The molecule has 1 saturated carbocycles. The molecule has 0 unspecified atom stereocenters. The molecule has 5 heteroatoms. The van der Waals surface area contributed by atoms with Crippen LogP contribution in [0.25, 0.3) is 0 Å². The standard InChI is InChI=1S/C13H17FN2O2/c1-16(7-8-3-2-4-8)12-5-9(13(17)18)11(15)6-10(12)14/h5-6,8H,2-4,7,15H2,1H3,(H,17,18). The Balaban J connectivity index is 2.25. The highest BCUT2D eigenvalue weighted by molar-refractivity contribution is 5.95. The van der Waals surface area contributed by atoms with Crippen LogP contribution in [-0.4, -0.2) is 24.7 Å². The molecule has 0 bridgehead atoms. The van der Waals surface area contributed by atoms with Gasteiger partial charge in [0.05, 0.1) is 11.3 Å². The molecule has 4 nitrogen and oxygen atoms in total. The van der Waals surface area contributed by atoms with E-state index in [1.807, 2.05) is 0 Å². The van der Waals surface area contributed by atoms with Crippen LogP contribution in [0.1, 0.15) is 29.6 Å². The van der Waals surface area contributed by atoms with Crippen LogP contribution in [0.15, 0.2) is 12.1 Å². The number of nitrogens with zero attached hydrogens (tertiary/aromatic N) is 1. The van der Waals surface area contributed by atoms with Crippen molar-refractivity contribution in [3.63, 3.8) is 0 Å². The van der Waals surface area contributed by atoms with Gasteiger partial charge in [0, 0.05) is 19.3 Å². The van der Waals surface area contributed by atoms with Crippen molar-refractivity contribution >= 4 is 17.3 Å². The van der Waals surface area contributed by atoms with E-state index in [0.717, 1.165) is 25.5 Å². The Kier molecular flexibility index (Phi) is 3.41. The molecule has 2 rings (SSSR count). The fourth-order valence-electron chi connectivity index (χ4n) is 2.22. The van der Waals surface area contributed by atoms with Gasteiger partial charge in [0.2, 0.25) is 0 Å². The van der Waals surface area contributed by atoms with Gasteiger partial charge < -0.3 is 15.7 Å². The van der Waals surface area contributed by atoms with Gasteiger partial charge in [-0.05, 0) is 30.9 Å². The van der Waals surface area contributed by atoms with E-state index in [1.54, 1.807) is 11.9 Å². The van der Waals surface area contributed by atoms with E-state index in [9.17, 15) is 9.18 Å². The lowest BCUT2D eigenvalue weighted by Gasteiger charge is -2.31. The first-order valence-corrected chi connectivity index (χ1v) is 6.02. The Morgan fingerprint density at radius 3 is 2.72 bits per heavy atom. The number of rotatable bonds is 4. The SMILES string of the molecule is CN(CC1CCC1)c1cc(C(=O)O)c(N)cc1F. The number of carbonyl (C=O) groups is 1. The number of benzene rings is 1. The first kappa shape index (κ1) is 12.7. The number of hydrogen-bond acceptors (Lipinski definition) is 3. The van der Waals surface area contributed by atoms with Crippen LogP contribution in [0.3, 0.4) is 0 Å². The summed E-state index contributed by atoms with van der Waals surface area (Å²) in [6, 6.07) is 2.39. The van der Waals surface area contributed by atoms with Crippen LogP contribution in [0, 0.1) is 11.7 Å².